The minimum Gasteiger partial charge on any atom is -0.376 e. The summed E-state index contributed by atoms with van der Waals surface area (Å²) in [5, 5.41) is 1.45. The summed E-state index contributed by atoms with van der Waals surface area (Å²) < 4.78 is 6.26. The zero-order valence-corrected chi connectivity index (χ0v) is 14.1. The fourth-order valence-corrected chi connectivity index (χ4v) is 5.46. The molecule has 6 rings (SSSR count). The highest BCUT2D eigenvalue weighted by Gasteiger charge is 2.64. The van der Waals surface area contributed by atoms with Crippen LogP contribution in [0.25, 0.3) is 0 Å². The van der Waals surface area contributed by atoms with Crippen molar-refractivity contribution in [2.24, 2.45) is 16.8 Å². The Kier molecular flexibility index (Phi) is 2.98. The van der Waals surface area contributed by atoms with Gasteiger partial charge in [0.1, 0.15) is 5.41 Å². The molecule has 5 unspecified atom stereocenters. The molecule has 1 aromatic carbocycles. The van der Waals surface area contributed by atoms with Crippen LogP contribution in [0.5, 0.6) is 0 Å². The minimum atomic E-state index is -0.649. The normalized spacial score (nSPS) is 39.3. The van der Waals surface area contributed by atoms with Gasteiger partial charge in [-0.25, -0.2) is 0 Å². The van der Waals surface area contributed by atoms with Gasteiger partial charge in [-0.05, 0) is 30.9 Å². The van der Waals surface area contributed by atoms with Gasteiger partial charge in [0.2, 0.25) is 0 Å². The van der Waals surface area contributed by atoms with E-state index in [-0.39, 0.29) is 18.1 Å². The Morgan fingerprint density at radius 1 is 1.42 bits per heavy atom. The molecule has 1 spiro atoms. The molecule has 5 nitrogen and oxygen atoms in total. The monoisotopic (exact) mass is 326 g/mol. The summed E-state index contributed by atoms with van der Waals surface area (Å²) >= 11 is 0. The van der Waals surface area contributed by atoms with Crippen molar-refractivity contribution in [1.82, 2.24) is 0 Å². The molecule has 4 aliphatic heterocycles. The van der Waals surface area contributed by atoms with E-state index in [9.17, 15) is 4.79 Å². The Balaban J connectivity index is 1.69. The lowest BCUT2D eigenvalue weighted by Gasteiger charge is -2.38. The molecular formula is C19H22N2O3. The Bertz CT molecular complexity index is 746. The maximum Gasteiger partial charge on any atom is 0.264 e. The molecule has 1 saturated carbocycles. The van der Waals surface area contributed by atoms with Crippen molar-refractivity contribution in [1.29, 1.82) is 0 Å². The van der Waals surface area contributed by atoms with Gasteiger partial charge in [0, 0.05) is 17.5 Å². The smallest absolute Gasteiger partial charge is 0.264 e. The first-order chi connectivity index (χ1) is 11.7. The number of anilines is 1. The number of rotatable bonds is 2. The predicted octanol–water partition coefficient (Wildman–Crippen LogP) is 2.49. The van der Waals surface area contributed by atoms with E-state index in [0.29, 0.717) is 11.8 Å². The average molecular weight is 326 g/mol. The van der Waals surface area contributed by atoms with Crippen LogP contribution in [0.4, 0.5) is 5.69 Å². The summed E-state index contributed by atoms with van der Waals surface area (Å²) in [5.41, 5.74) is 2.58. The number of hydroxylamine groups is 1. The number of carbonyl (C=O) groups excluding carboxylic acids is 1. The van der Waals surface area contributed by atoms with E-state index >= 15 is 0 Å². The summed E-state index contributed by atoms with van der Waals surface area (Å²) in [6.07, 6.45) is 2.55. The molecule has 126 valence electrons. The molecule has 1 aromatic rings. The molecule has 2 saturated heterocycles. The second-order valence-corrected chi connectivity index (χ2v) is 7.34. The predicted molar refractivity (Wildman–Crippen MR) is 90.1 cm³/mol. The molecule has 4 bridgehead atoms. The minimum absolute atomic E-state index is 0.0117. The first kappa shape index (κ1) is 14.6. The maximum absolute atomic E-state index is 13.4. The van der Waals surface area contributed by atoms with Crippen molar-refractivity contribution in [3.63, 3.8) is 0 Å². The van der Waals surface area contributed by atoms with Gasteiger partial charge in [-0.2, -0.15) is 5.06 Å². The highest BCUT2D eigenvalue weighted by atomic mass is 16.7. The second-order valence-electron chi connectivity index (χ2n) is 7.34. The van der Waals surface area contributed by atoms with Crippen molar-refractivity contribution in [2.45, 2.75) is 43.7 Å². The Hall–Kier alpha value is -1.72. The van der Waals surface area contributed by atoms with Crippen molar-refractivity contribution < 1.29 is 14.4 Å². The zero-order valence-electron chi connectivity index (χ0n) is 14.1. The molecule has 0 aromatic heterocycles. The van der Waals surface area contributed by atoms with Gasteiger partial charge >= 0.3 is 0 Å². The van der Waals surface area contributed by atoms with Gasteiger partial charge in [-0.1, -0.05) is 25.1 Å². The van der Waals surface area contributed by atoms with Crippen molar-refractivity contribution in [3.8, 4) is 0 Å². The Labute approximate surface area is 141 Å². The highest BCUT2D eigenvalue weighted by Crippen LogP contribution is 2.56. The van der Waals surface area contributed by atoms with Gasteiger partial charge in [-0.3, -0.25) is 14.6 Å². The lowest BCUT2D eigenvalue weighted by atomic mass is 9.71. The van der Waals surface area contributed by atoms with Gasteiger partial charge < -0.3 is 4.74 Å². The summed E-state index contributed by atoms with van der Waals surface area (Å²) in [5.74, 6) is 0.930. The van der Waals surface area contributed by atoms with Crippen molar-refractivity contribution >= 4 is 17.3 Å². The number of amides is 1. The molecule has 4 heterocycles. The summed E-state index contributed by atoms with van der Waals surface area (Å²) in [6.45, 7) is 2.90. The quantitative estimate of drug-likeness (QED) is 0.839. The van der Waals surface area contributed by atoms with Crippen LogP contribution in [-0.2, 0) is 19.8 Å². The zero-order chi connectivity index (χ0) is 16.5. The largest absolute Gasteiger partial charge is 0.376 e. The van der Waals surface area contributed by atoms with Crippen LogP contribution in [0, 0.1) is 11.8 Å². The van der Waals surface area contributed by atoms with Gasteiger partial charge in [-0.15, -0.1) is 0 Å². The summed E-state index contributed by atoms with van der Waals surface area (Å²) in [4.78, 5) is 23.9. The third-order valence-corrected chi connectivity index (χ3v) is 6.52. The third kappa shape index (κ3) is 1.57. The number of ether oxygens (including phenoxy) is 1. The molecule has 0 radical (unpaired) electrons. The van der Waals surface area contributed by atoms with Crippen LogP contribution in [0.3, 0.4) is 0 Å². The van der Waals surface area contributed by atoms with Crippen molar-refractivity contribution in [2.75, 3.05) is 18.8 Å². The molecule has 1 aliphatic carbocycles. The molecule has 1 amide bonds. The molecule has 5 heteroatoms. The van der Waals surface area contributed by atoms with Gasteiger partial charge in [0.25, 0.3) is 5.91 Å². The average Bonchev–Trinajstić information content (AvgIpc) is 2.96. The summed E-state index contributed by atoms with van der Waals surface area (Å²) in [6, 6.07) is 8.16. The topological polar surface area (TPSA) is 51.1 Å². The number of fused-ring (bicyclic) bond motifs is 2. The van der Waals surface area contributed by atoms with Crippen LogP contribution in [-0.4, -0.2) is 37.5 Å². The van der Waals surface area contributed by atoms with Gasteiger partial charge in [0.05, 0.1) is 31.5 Å². The standard InChI is InChI=1S/C19H22N2O3/c1-3-14-11-8-17-19(9-15(20-14)12(11)10-24-17)13-6-4-5-7-16(13)21(23-2)18(19)22/h4-7,11-12,15,17H,3,8-10H2,1-2H3. The number of hydrogen-bond acceptors (Lipinski definition) is 4. The second kappa shape index (κ2) is 4.90. The van der Waals surface area contributed by atoms with Crippen LogP contribution < -0.4 is 5.06 Å². The lowest BCUT2D eigenvalue weighted by Crippen LogP contribution is -2.51. The fourth-order valence-electron chi connectivity index (χ4n) is 5.46. The maximum atomic E-state index is 13.4. The number of para-hydroxylation sites is 1. The number of carbonyl (C=O) groups is 1. The molecule has 3 fully saturated rings. The Morgan fingerprint density at radius 3 is 3.04 bits per heavy atom. The number of hydrogen-bond donors (Lipinski definition) is 0. The van der Waals surface area contributed by atoms with E-state index in [2.05, 4.69) is 13.0 Å². The fraction of sp³-hybridized carbons (Fsp3) is 0.579. The number of aliphatic imine (C=N–C) groups is 1. The summed E-state index contributed by atoms with van der Waals surface area (Å²) in [7, 11) is 1.56. The molecular weight excluding hydrogens is 304 g/mol. The van der Waals surface area contributed by atoms with E-state index in [0.717, 1.165) is 37.1 Å². The van der Waals surface area contributed by atoms with Crippen LogP contribution in [0.2, 0.25) is 0 Å². The lowest BCUT2D eigenvalue weighted by molar-refractivity contribution is -0.137. The van der Waals surface area contributed by atoms with E-state index in [4.69, 9.17) is 14.6 Å². The van der Waals surface area contributed by atoms with Crippen LogP contribution in [0.15, 0.2) is 29.3 Å². The van der Waals surface area contributed by atoms with E-state index < -0.39 is 5.41 Å². The molecule has 5 atom stereocenters. The van der Waals surface area contributed by atoms with Gasteiger partial charge in [0.15, 0.2) is 0 Å². The van der Waals surface area contributed by atoms with Crippen molar-refractivity contribution in [3.05, 3.63) is 29.8 Å². The Morgan fingerprint density at radius 2 is 2.25 bits per heavy atom. The highest BCUT2D eigenvalue weighted by molar-refractivity contribution is 6.07. The first-order valence-corrected chi connectivity index (χ1v) is 8.87. The molecule has 5 aliphatic rings. The first-order valence-electron chi connectivity index (χ1n) is 8.87. The number of benzene rings is 1. The SMILES string of the molecule is CCC1=NC2CC3(C(=O)N(OC)c4ccccc43)C3CC1C2CO3. The number of nitrogens with zero attached hydrogens (tertiary/aromatic N) is 2. The van der Waals surface area contributed by atoms with E-state index in [1.54, 1.807) is 7.11 Å². The van der Waals surface area contributed by atoms with Crippen LogP contribution in [0.1, 0.15) is 31.7 Å². The van der Waals surface area contributed by atoms with Crippen LogP contribution >= 0.6 is 0 Å². The third-order valence-electron chi connectivity index (χ3n) is 6.52. The molecule has 24 heavy (non-hydrogen) atoms. The molecule has 0 N–H and O–H groups in total. The van der Waals surface area contributed by atoms with E-state index in [1.165, 1.54) is 10.8 Å². The van der Waals surface area contributed by atoms with E-state index in [1.807, 2.05) is 18.2 Å².